The number of anilines is 1. The average molecular weight is 490 g/mol. The minimum Gasteiger partial charge on any atom is -0.453 e. The number of halogens is 1. The maximum absolute atomic E-state index is 12.4. The smallest absolute Gasteiger partial charge is 0.411 e. The fourth-order valence-corrected chi connectivity index (χ4v) is 3.41. The molecule has 3 N–H and O–H groups in total. The number of carbonyl (C=O) groups excluding carboxylic acids is 2. The van der Waals surface area contributed by atoms with Crippen molar-refractivity contribution in [3.63, 3.8) is 0 Å². The van der Waals surface area contributed by atoms with Crippen LogP contribution in [0.4, 0.5) is 10.5 Å². The Morgan fingerprint density at radius 3 is 2.66 bits per heavy atom. The summed E-state index contributed by atoms with van der Waals surface area (Å²) in [5, 5.41) is 19.7. The van der Waals surface area contributed by atoms with Crippen LogP contribution in [0, 0.1) is 0 Å². The Hall–Kier alpha value is -4.57. The fraction of sp³-hybridized carbons (Fsp3) is 0.0833. The van der Waals surface area contributed by atoms with E-state index < -0.39 is 6.09 Å². The number of aromatic nitrogens is 5. The van der Waals surface area contributed by atoms with Crippen LogP contribution in [0.15, 0.2) is 66.9 Å². The van der Waals surface area contributed by atoms with Crippen LogP contribution >= 0.6 is 11.6 Å². The first-order valence-corrected chi connectivity index (χ1v) is 10.8. The highest BCUT2D eigenvalue weighted by atomic mass is 35.5. The Morgan fingerprint density at radius 1 is 1.09 bits per heavy atom. The summed E-state index contributed by atoms with van der Waals surface area (Å²) in [6.07, 6.45) is 4.20. The van der Waals surface area contributed by atoms with E-state index in [0.717, 1.165) is 11.1 Å². The number of rotatable bonds is 7. The largest absolute Gasteiger partial charge is 0.453 e. The van der Waals surface area contributed by atoms with Crippen molar-refractivity contribution in [2.24, 2.45) is 0 Å². The highest BCUT2D eigenvalue weighted by molar-refractivity contribution is 6.30. The van der Waals surface area contributed by atoms with Crippen molar-refractivity contribution in [3.05, 3.63) is 83.2 Å². The minimum absolute atomic E-state index is 0.243. The van der Waals surface area contributed by atoms with Crippen LogP contribution in [-0.2, 0) is 16.1 Å². The molecule has 0 fully saturated rings. The molecule has 2 heterocycles. The Balaban J connectivity index is 1.40. The van der Waals surface area contributed by atoms with E-state index in [9.17, 15) is 9.59 Å². The van der Waals surface area contributed by atoms with Crippen LogP contribution in [0.3, 0.4) is 0 Å². The van der Waals surface area contributed by atoms with Crippen LogP contribution in [0.1, 0.15) is 11.3 Å². The molecule has 0 radical (unpaired) electrons. The molecule has 0 aliphatic heterocycles. The normalized spacial score (nSPS) is 10.8. The van der Waals surface area contributed by atoms with E-state index in [0.29, 0.717) is 33.4 Å². The maximum atomic E-state index is 12.4. The van der Waals surface area contributed by atoms with Crippen molar-refractivity contribution in [3.8, 4) is 22.5 Å². The lowest BCUT2D eigenvalue weighted by atomic mass is 10.1. The lowest BCUT2D eigenvalue weighted by Gasteiger charge is -2.08. The quantitative estimate of drug-likeness (QED) is 0.333. The van der Waals surface area contributed by atoms with Gasteiger partial charge in [0, 0.05) is 28.5 Å². The lowest BCUT2D eigenvalue weighted by Crippen LogP contribution is -2.20. The van der Waals surface area contributed by atoms with Gasteiger partial charge in [-0.1, -0.05) is 23.7 Å². The van der Waals surface area contributed by atoms with Gasteiger partial charge in [-0.05, 0) is 75.7 Å². The van der Waals surface area contributed by atoms with Crippen LogP contribution < -0.4 is 10.6 Å². The zero-order valence-corrected chi connectivity index (χ0v) is 19.3. The van der Waals surface area contributed by atoms with E-state index in [2.05, 4.69) is 41.0 Å². The van der Waals surface area contributed by atoms with E-state index in [-0.39, 0.29) is 12.5 Å². The van der Waals surface area contributed by atoms with Crippen molar-refractivity contribution >= 4 is 35.4 Å². The molecule has 11 heteroatoms. The highest BCUT2D eigenvalue weighted by Crippen LogP contribution is 2.25. The summed E-state index contributed by atoms with van der Waals surface area (Å²) in [6.45, 7) is 0.243. The molecule has 0 aliphatic carbocycles. The van der Waals surface area contributed by atoms with Gasteiger partial charge in [0.25, 0.3) is 0 Å². The molecule has 0 atom stereocenters. The molecule has 0 aliphatic rings. The molecule has 0 unspecified atom stereocenters. The fourth-order valence-electron chi connectivity index (χ4n) is 3.23. The van der Waals surface area contributed by atoms with Gasteiger partial charge in [0.15, 0.2) is 5.82 Å². The molecule has 2 aromatic carbocycles. The second-order valence-electron chi connectivity index (χ2n) is 7.26. The number of H-pyrrole nitrogens is 1. The first kappa shape index (κ1) is 23.6. The van der Waals surface area contributed by atoms with E-state index in [1.165, 1.54) is 13.2 Å². The number of nitrogens with one attached hydrogen (secondary N) is 3. The molecule has 10 nitrogen and oxygen atoms in total. The monoisotopic (exact) mass is 489 g/mol. The Bertz CT molecular complexity index is 1360. The maximum Gasteiger partial charge on any atom is 0.411 e. The van der Waals surface area contributed by atoms with Crippen LogP contribution in [0.2, 0.25) is 5.02 Å². The van der Waals surface area contributed by atoms with Crippen molar-refractivity contribution in [2.45, 2.75) is 6.54 Å². The first-order chi connectivity index (χ1) is 17.0. The number of methoxy groups -OCH3 is 1. The standard InChI is InChI=1S/C24H20ClN7O3/c1-35-24(34)28-19-6-2-15(3-7-19)16-10-11-26-20(13-16)14-27-22(33)9-4-17-12-18(25)5-8-21(17)23-29-31-32-30-23/h2-13H,14H2,1H3,(H,27,33)(H,28,34)(H,29,30,31,32)/b9-4+. The number of amides is 2. The predicted molar refractivity (Wildman–Crippen MR) is 131 cm³/mol. The Morgan fingerprint density at radius 2 is 1.91 bits per heavy atom. The number of tetrazole rings is 1. The van der Waals surface area contributed by atoms with Gasteiger partial charge in [-0.25, -0.2) is 9.89 Å². The number of aromatic amines is 1. The molecule has 0 saturated heterocycles. The Labute approximate surface area is 205 Å². The molecule has 176 valence electrons. The van der Waals surface area contributed by atoms with E-state index in [1.807, 2.05) is 24.3 Å². The average Bonchev–Trinajstić information content (AvgIpc) is 3.41. The first-order valence-electron chi connectivity index (χ1n) is 10.4. The van der Waals surface area contributed by atoms with Crippen molar-refractivity contribution < 1.29 is 14.3 Å². The van der Waals surface area contributed by atoms with Gasteiger partial charge in [-0.2, -0.15) is 0 Å². The summed E-state index contributed by atoms with van der Waals surface area (Å²) in [4.78, 5) is 28.1. The summed E-state index contributed by atoms with van der Waals surface area (Å²) >= 11 is 6.11. The molecule has 35 heavy (non-hydrogen) atoms. The molecule has 2 amide bonds. The second kappa shape index (κ2) is 11.0. The summed E-state index contributed by atoms with van der Waals surface area (Å²) in [6, 6.07) is 16.3. The number of nitrogens with zero attached hydrogens (tertiary/aromatic N) is 4. The zero-order valence-electron chi connectivity index (χ0n) is 18.5. The van der Waals surface area contributed by atoms with Gasteiger partial charge >= 0.3 is 6.09 Å². The van der Waals surface area contributed by atoms with Crippen LogP contribution in [-0.4, -0.2) is 44.7 Å². The van der Waals surface area contributed by atoms with E-state index >= 15 is 0 Å². The zero-order chi connectivity index (χ0) is 24.6. The number of ether oxygens (including phenoxy) is 1. The molecule has 4 aromatic rings. The molecule has 2 aromatic heterocycles. The third kappa shape index (κ3) is 6.27. The van der Waals surface area contributed by atoms with Crippen LogP contribution in [0.5, 0.6) is 0 Å². The predicted octanol–water partition coefficient (Wildman–Crippen LogP) is 4.09. The Kier molecular flexibility index (Phi) is 7.44. The highest BCUT2D eigenvalue weighted by Gasteiger charge is 2.08. The topological polar surface area (TPSA) is 135 Å². The van der Waals surface area contributed by atoms with Gasteiger partial charge in [0.2, 0.25) is 5.91 Å². The summed E-state index contributed by atoms with van der Waals surface area (Å²) < 4.78 is 4.59. The summed E-state index contributed by atoms with van der Waals surface area (Å²) in [5.41, 5.74) is 4.58. The molecule has 0 bridgehead atoms. The number of carbonyl (C=O) groups is 2. The molecule has 0 spiro atoms. The van der Waals surface area contributed by atoms with E-state index in [4.69, 9.17) is 11.6 Å². The molecule has 0 saturated carbocycles. The lowest BCUT2D eigenvalue weighted by molar-refractivity contribution is -0.116. The second-order valence-corrected chi connectivity index (χ2v) is 7.70. The van der Waals surface area contributed by atoms with Gasteiger partial charge in [-0.3, -0.25) is 15.1 Å². The van der Waals surface area contributed by atoms with Gasteiger partial charge < -0.3 is 10.1 Å². The van der Waals surface area contributed by atoms with Crippen molar-refractivity contribution in [1.82, 2.24) is 30.9 Å². The number of hydrogen-bond acceptors (Lipinski definition) is 7. The summed E-state index contributed by atoms with van der Waals surface area (Å²) in [5.74, 6) is 0.175. The molecular formula is C24H20ClN7O3. The SMILES string of the molecule is COC(=O)Nc1ccc(-c2ccnc(CNC(=O)/C=C/c3cc(Cl)ccc3-c3nnn[nH]3)c2)cc1. The molecular weight excluding hydrogens is 470 g/mol. The third-order valence-electron chi connectivity index (χ3n) is 4.94. The van der Waals surface area contributed by atoms with Gasteiger partial charge in [-0.15, -0.1) is 5.10 Å². The van der Waals surface area contributed by atoms with E-state index in [1.54, 1.807) is 42.6 Å². The number of pyridine rings is 1. The number of benzene rings is 2. The van der Waals surface area contributed by atoms with Crippen molar-refractivity contribution in [2.75, 3.05) is 12.4 Å². The number of hydrogen-bond donors (Lipinski definition) is 3. The molecule has 4 rings (SSSR count). The third-order valence-corrected chi connectivity index (χ3v) is 5.17. The van der Waals surface area contributed by atoms with Gasteiger partial charge in [0.1, 0.15) is 0 Å². The van der Waals surface area contributed by atoms with Crippen LogP contribution in [0.25, 0.3) is 28.6 Å². The minimum atomic E-state index is -0.532. The van der Waals surface area contributed by atoms with Crippen molar-refractivity contribution in [1.29, 1.82) is 0 Å². The summed E-state index contributed by atoms with van der Waals surface area (Å²) in [7, 11) is 1.31. The van der Waals surface area contributed by atoms with Gasteiger partial charge in [0.05, 0.1) is 19.3 Å².